The van der Waals surface area contributed by atoms with E-state index in [-0.39, 0.29) is 24.0 Å². The van der Waals surface area contributed by atoms with Crippen molar-refractivity contribution in [3.8, 4) is 5.88 Å². The van der Waals surface area contributed by atoms with Gasteiger partial charge in [-0.3, -0.25) is 9.13 Å². The van der Waals surface area contributed by atoms with Crippen molar-refractivity contribution in [2.75, 3.05) is 25.1 Å². The van der Waals surface area contributed by atoms with Crippen molar-refractivity contribution in [1.29, 1.82) is 0 Å². The zero-order valence-corrected chi connectivity index (χ0v) is 19.6. The number of hydrogen-bond acceptors (Lipinski definition) is 5. The summed E-state index contributed by atoms with van der Waals surface area (Å²) >= 11 is 0. The van der Waals surface area contributed by atoms with Gasteiger partial charge in [0.05, 0.1) is 36.5 Å². The van der Waals surface area contributed by atoms with E-state index in [0.717, 1.165) is 11.6 Å². The Balaban J connectivity index is 1.61. The number of halogens is 4. The third-order valence-electron chi connectivity index (χ3n) is 6.61. The summed E-state index contributed by atoms with van der Waals surface area (Å²) in [5.74, 6) is -0.447. The van der Waals surface area contributed by atoms with E-state index < -0.39 is 23.4 Å². The first kappa shape index (κ1) is 23.8. The molecule has 0 N–H and O–H groups in total. The molecule has 1 atom stereocenters. The van der Waals surface area contributed by atoms with E-state index in [9.17, 15) is 22.4 Å². The first-order chi connectivity index (χ1) is 17.2. The number of hydrogen-bond donors (Lipinski definition) is 0. The summed E-state index contributed by atoms with van der Waals surface area (Å²) in [4.78, 5) is 23.5. The number of anilines is 1. The summed E-state index contributed by atoms with van der Waals surface area (Å²) in [5, 5.41) is 0. The third kappa shape index (κ3) is 3.98. The van der Waals surface area contributed by atoms with Crippen LogP contribution in [0, 0.1) is 12.9 Å². The fourth-order valence-electron chi connectivity index (χ4n) is 5.01. The summed E-state index contributed by atoms with van der Waals surface area (Å²) in [7, 11) is 1.39. The molecule has 3 aromatic heterocycles. The van der Waals surface area contributed by atoms with E-state index in [2.05, 4.69) is 9.97 Å². The topological polar surface area (TPSA) is 65.2 Å². The van der Waals surface area contributed by atoms with Gasteiger partial charge in [-0.25, -0.2) is 14.8 Å². The van der Waals surface area contributed by atoms with Gasteiger partial charge in [-0.05, 0) is 42.7 Å². The van der Waals surface area contributed by atoms with Crippen molar-refractivity contribution in [3.63, 3.8) is 0 Å². The van der Waals surface area contributed by atoms with Crippen LogP contribution in [-0.4, -0.2) is 39.3 Å². The van der Waals surface area contributed by atoms with Crippen molar-refractivity contribution in [2.45, 2.75) is 32.1 Å². The number of aryl methyl sites for hydroxylation is 1. The maximum Gasteiger partial charge on any atom is 0.416 e. The first-order valence-corrected chi connectivity index (χ1v) is 11.4. The maximum atomic E-state index is 14.5. The van der Waals surface area contributed by atoms with Gasteiger partial charge in [-0.2, -0.15) is 17.6 Å². The van der Waals surface area contributed by atoms with Crippen LogP contribution in [0.15, 0.2) is 53.6 Å². The van der Waals surface area contributed by atoms with Crippen molar-refractivity contribution in [1.82, 2.24) is 19.1 Å². The van der Waals surface area contributed by atoms with E-state index >= 15 is 0 Å². The van der Waals surface area contributed by atoms with Gasteiger partial charge >= 0.3 is 11.9 Å². The minimum absolute atomic E-state index is 0.0434. The Kier molecular flexibility index (Phi) is 5.93. The first-order valence-electron chi connectivity index (χ1n) is 11.4. The van der Waals surface area contributed by atoms with Crippen LogP contribution >= 0.6 is 0 Å². The molecule has 1 saturated heterocycles. The van der Waals surface area contributed by atoms with Gasteiger partial charge in [-0.15, -0.1) is 0 Å². The number of ether oxygens (including phenoxy) is 1. The SMILES string of the molecule is COc1nccc2c1n(Cc1ccccc1C(F)(F)F)c(=O)n2C1CCN(c2c(C)ccnc2F)C1. The molecule has 1 aliphatic heterocycles. The van der Waals surface area contributed by atoms with Gasteiger partial charge in [0.15, 0.2) is 0 Å². The normalized spacial score (nSPS) is 16.2. The number of rotatable bonds is 5. The Morgan fingerprint density at radius 1 is 1.11 bits per heavy atom. The number of nitrogens with zero attached hydrogens (tertiary/aromatic N) is 5. The number of fused-ring (bicyclic) bond motifs is 1. The Morgan fingerprint density at radius 2 is 1.86 bits per heavy atom. The highest BCUT2D eigenvalue weighted by molar-refractivity contribution is 5.81. The Morgan fingerprint density at radius 3 is 2.58 bits per heavy atom. The van der Waals surface area contributed by atoms with Gasteiger partial charge in [0, 0.05) is 25.5 Å². The number of pyridine rings is 2. The minimum Gasteiger partial charge on any atom is -0.479 e. The molecular weight excluding hydrogens is 478 g/mol. The molecule has 0 amide bonds. The summed E-state index contributed by atoms with van der Waals surface area (Å²) < 4.78 is 63.7. The van der Waals surface area contributed by atoms with Crippen LogP contribution in [0.1, 0.15) is 29.2 Å². The predicted octanol–water partition coefficient (Wildman–Crippen LogP) is 4.57. The molecule has 5 rings (SSSR count). The maximum absolute atomic E-state index is 14.5. The summed E-state index contributed by atoms with van der Waals surface area (Å²) in [6.07, 6.45) is -1.14. The number of aromatic nitrogens is 4. The molecule has 4 heterocycles. The summed E-state index contributed by atoms with van der Waals surface area (Å²) in [6.45, 7) is 2.31. The minimum atomic E-state index is -4.57. The second-order valence-corrected chi connectivity index (χ2v) is 8.74. The molecule has 1 aliphatic rings. The van der Waals surface area contributed by atoms with Crippen LogP contribution in [-0.2, 0) is 12.7 Å². The van der Waals surface area contributed by atoms with Crippen molar-refractivity contribution in [3.05, 3.63) is 81.9 Å². The van der Waals surface area contributed by atoms with Crippen molar-refractivity contribution >= 4 is 16.7 Å². The molecule has 0 aliphatic carbocycles. The smallest absolute Gasteiger partial charge is 0.416 e. The molecule has 0 spiro atoms. The van der Waals surface area contributed by atoms with E-state index in [1.807, 2.05) is 4.90 Å². The summed E-state index contributed by atoms with van der Waals surface area (Å²) in [6, 6.07) is 8.19. The lowest BCUT2D eigenvalue weighted by Gasteiger charge is -2.21. The quantitative estimate of drug-likeness (QED) is 0.296. The number of imidazole rings is 1. The highest BCUT2D eigenvalue weighted by Crippen LogP contribution is 2.35. The Bertz CT molecular complexity index is 1470. The number of benzene rings is 1. The van der Waals surface area contributed by atoms with E-state index in [1.54, 1.807) is 23.6 Å². The van der Waals surface area contributed by atoms with E-state index in [4.69, 9.17) is 4.74 Å². The lowest BCUT2D eigenvalue weighted by molar-refractivity contribution is -0.138. The molecular formula is C25H23F4N5O2. The zero-order chi connectivity index (χ0) is 25.6. The van der Waals surface area contributed by atoms with Crippen LogP contribution in [0.3, 0.4) is 0 Å². The van der Waals surface area contributed by atoms with Gasteiger partial charge in [0.25, 0.3) is 0 Å². The molecule has 0 radical (unpaired) electrons. The Labute approximate surface area is 203 Å². The summed E-state index contributed by atoms with van der Waals surface area (Å²) in [5.41, 5.74) is 0.579. The van der Waals surface area contributed by atoms with Crippen LogP contribution in [0.25, 0.3) is 11.0 Å². The fourth-order valence-corrected chi connectivity index (χ4v) is 5.01. The molecule has 36 heavy (non-hydrogen) atoms. The largest absolute Gasteiger partial charge is 0.479 e. The van der Waals surface area contributed by atoms with E-state index in [1.165, 1.54) is 42.3 Å². The van der Waals surface area contributed by atoms with Crippen LogP contribution in [0.2, 0.25) is 0 Å². The molecule has 7 nitrogen and oxygen atoms in total. The second-order valence-electron chi connectivity index (χ2n) is 8.74. The fraction of sp³-hybridized carbons (Fsp3) is 0.320. The van der Waals surface area contributed by atoms with E-state index in [0.29, 0.717) is 36.2 Å². The highest BCUT2D eigenvalue weighted by atomic mass is 19.4. The molecule has 4 aromatic rings. The Hall–Kier alpha value is -3.89. The zero-order valence-electron chi connectivity index (χ0n) is 19.6. The van der Waals surface area contributed by atoms with Crippen LogP contribution < -0.4 is 15.3 Å². The number of methoxy groups -OCH3 is 1. The molecule has 0 saturated carbocycles. The van der Waals surface area contributed by atoms with Gasteiger partial charge in [0.2, 0.25) is 11.8 Å². The lowest BCUT2D eigenvalue weighted by atomic mass is 10.1. The lowest BCUT2D eigenvalue weighted by Crippen LogP contribution is -2.30. The highest BCUT2D eigenvalue weighted by Gasteiger charge is 2.35. The van der Waals surface area contributed by atoms with Crippen molar-refractivity contribution < 1.29 is 22.3 Å². The molecule has 1 fully saturated rings. The van der Waals surface area contributed by atoms with Gasteiger partial charge in [-0.1, -0.05) is 18.2 Å². The molecule has 1 unspecified atom stereocenters. The third-order valence-corrected chi connectivity index (χ3v) is 6.61. The van der Waals surface area contributed by atoms with Crippen molar-refractivity contribution in [2.24, 2.45) is 0 Å². The average molecular weight is 501 g/mol. The van der Waals surface area contributed by atoms with Gasteiger partial charge < -0.3 is 9.64 Å². The second kappa shape index (κ2) is 8.96. The van der Waals surface area contributed by atoms with Crippen LogP contribution in [0.5, 0.6) is 5.88 Å². The van der Waals surface area contributed by atoms with Gasteiger partial charge in [0.1, 0.15) is 5.52 Å². The number of alkyl halides is 3. The average Bonchev–Trinajstić information content (AvgIpc) is 3.41. The molecule has 1 aromatic carbocycles. The molecule has 188 valence electrons. The standard InChI is InChI=1S/C25H23F4N5O2/c1-15-7-10-30-22(26)20(15)32-12-9-17(14-32)34-19-8-11-31-23(36-2)21(19)33(24(34)35)13-16-5-3-4-6-18(16)25(27,28)29/h3-8,10-11,17H,9,12-14H2,1-2H3. The molecule has 11 heteroatoms. The predicted molar refractivity (Wildman–Crippen MR) is 126 cm³/mol. The monoisotopic (exact) mass is 501 g/mol. The van der Waals surface area contributed by atoms with Crippen LogP contribution in [0.4, 0.5) is 23.2 Å². The molecule has 0 bridgehead atoms.